The number of fused-ring (bicyclic) bond motifs is 1. The Hall–Kier alpha value is -1.95. The molecule has 2 aliphatic rings. The minimum Gasteiger partial charge on any atom is -0.368 e. The second kappa shape index (κ2) is 9.83. The van der Waals surface area contributed by atoms with E-state index in [2.05, 4.69) is 16.0 Å². The number of nitrogens with zero attached hydrogens (tertiary/aromatic N) is 1. The molecule has 0 bridgehead atoms. The molecule has 0 spiro atoms. The van der Waals surface area contributed by atoms with Crippen LogP contribution in [0.2, 0.25) is 0 Å². The third-order valence-corrected chi connectivity index (χ3v) is 6.62. The highest BCUT2D eigenvalue weighted by atomic mass is 33.1. The number of hydrogen-bond donors (Lipinski definition) is 4. The predicted octanol–water partition coefficient (Wildman–Crippen LogP) is -2.04. The SMILES string of the molecule is CC(=O)NC1CSSC[C@@H](C(N)=O)NC(=O)[C@@H]2CCCN2C(=O)CNC1=O. The van der Waals surface area contributed by atoms with Crippen LogP contribution in [-0.4, -0.2) is 77.2 Å². The van der Waals surface area contributed by atoms with E-state index in [4.69, 9.17) is 5.73 Å². The number of carbonyl (C=O) groups is 5. The fourth-order valence-corrected chi connectivity index (χ4v) is 5.19. The molecule has 150 valence electrons. The van der Waals surface area contributed by atoms with Gasteiger partial charge in [0.1, 0.15) is 18.1 Å². The van der Waals surface area contributed by atoms with Gasteiger partial charge in [-0.25, -0.2) is 0 Å². The molecule has 2 fully saturated rings. The van der Waals surface area contributed by atoms with Gasteiger partial charge in [-0.15, -0.1) is 0 Å². The highest BCUT2D eigenvalue weighted by Crippen LogP contribution is 2.24. The zero-order valence-electron chi connectivity index (χ0n) is 14.9. The van der Waals surface area contributed by atoms with Crippen molar-refractivity contribution in [1.82, 2.24) is 20.9 Å². The summed E-state index contributed by atoms with van der Waals surface area (Å²) in [5.41, 5.74) is 5.37. The van der Waals surface area contributed by atoms with Gasteiger partial charge in [-0.05, 0) is 12.8 Å². The Bertz CT molecular complexity index is 632. The van der Waals surface area contributed by atoms with Gasteiger partial charge in [0.2, 0.25) is 29.5 Å². The second-order valence-electron chi connectivity index (χ2n) is 6.25. The van der Waals surface area contributed by atoms with E-state index in [0.29, 0.717) is 19.4 Å². The minimum absolute atomic E-state index is 0.209. The molecule has 2 aliphatic heterocycles. The monoisotopic (exact) mass is 417 g/mol. The first-order valence-electron chi connectivity index (χ1n) is 8.48. The van der Waals surface area contributed by atoms with Crippen molar-refractivity contribution in [3.05, 3.63) is 0 Å². The van der Waals surface area contributed by atoms with Gasteiger partial charge in [0.25, 0.3) is 0 Å². The average Bonchev–Trinajstić information content (AvgIpc) is 3.09. The number of carbonyl (C=O) groups excluding carboxylic acids is 5. The Labute approximate surface area is 164 Å². The third-order valence-electron chi connectivity index (χ3n) is 4.20. The first kappa shape index (κ1) is 21.4. The summed E-state index contributed by atoms with van der Waals surface area (Å²) in [6.07, 6.45) is 1.13. The lowest BCUT2D eigenvalue weighted by molar-refractivity contribution is -0.139. The van der Waals surface area contributed by atoms with E-state index in [-0.39, 0.29) is 24.0 Å². The van der Waals surface area contributed by atoms with Gasteiger partial charge < -0.3 is 26.6 Å². The number of rotatable bonds is 2. The molecule has 0 radical (unpaired) electrons. The van der Waals surface area contributed by atoms with E-state index in [1.165, 1.54) is 33.4 Å². The summed E-state index contributed by atoms with van der Waals surface area (Å²) in [6, 6.07) is -2.39. The van der Waals surface area contributed by atoms with E-state index in [9.17, 15) is 24.0 Å². The van der Waals surface area contributed by atoms with E-state index in [0.717, 1.165) is 0 Å². The molecule has 0 saturated carbocycles. The molecule has 1 unspecified atom stereocenters. The van der Waals surface area contributed by atoms with Crippen molar-refractivity contribution in [3.8, 4) is 0 Å². The zero-order valence-corrected chi connectivity index (χ0v) is 16.5. The van der Waals surface area contributed by atoms with Gasteiger partial charge in [0.15, 0.2) is 0 Å². The number of primary amides is 1. The summed E-state index contributed by atoms with van der Waals surface area (Å²) in [5, 5.41) is 7.68. The lowest BCUT2D eigenvalue weighted by Gasteiger charge is -2.27. The van der Waals surface area contributed by atoms with Crippen molar-refractivity contribution in [2.75, 3.05) is 24.6 Å². The normalized spacial score (nSPS) is 27.8. The van der Waals surface area contributed by atoms with Crippen LogP contribution in [0.3, 0.4) is 0 Å². The second-order valence-corrected chi connectivity index (χ2v) is 8.80. The van der Waals surface area contributed by atoms with E-state index in [1.807, 2.05) is 0 Å². The van der Waals surface area contributed by atoms with Crippen LogP contribution in [0.1, 0.15) is 19.8 Å². The molecule has 10 nitrogen and oxygen atoms in total. The molecule has 3 atom stereocenters. The minimum atomic E-state index is -0.886. The summed E-state index contributed by atoms with van der Waals surface area (Å²) >= 11 is 0. The Kier molecular flexibility index (Phi) is 7.78. The summed E-state index contributed by atoms with van der Waals surface area (Å²) < 4.78 is 0. The van der Waals surface area contributed by atoms with Gasteiger partial charge in [0.05, 0.1) is 6.54 Å². The first-order chi connectivity index (χ1) is 12.8. The van der Waals surface area contributed by atoms with Crippen LogP contribution in [0.5, 0.6) is 0 Å². The molecule has 5 amide bonds. The van der Waals surface area contributed by atoms with Crippen molar-refractivity contribution in [3.63, 3.8) is 0 Å². The van der Waals surface area contributed by atoms with Gasteiger partial charge in [-0.1, -0.05) is 21.6 Å². The highest BCUT2D eigenvalue weighted by Gasteiger charge is 2.36. The summed E-state index contributed by atoms with van der Waals surface area (Å²) in [7, 11) is 2.53. The fourth-order valence-electron chi connectivity index (χ4n) is 2.85. The van der Waals surface area contributed by atoms with Crippen molar-refractivity contribution in [1.29, 1.82) is 0 Å². The largest absolute Gasteiger partial charge is 0.368 e. The molecule has 2 heterocycles. The quantitative estimate of drug-likeness (QED) is 0.378. The van der Waals surface area contributed by atoms with Crippen LogP contribution in [0.4, 0.5) is 0 Å². The molecule has 0 aromatic heterocycles. The Balaban J connectivity index is 2.17. The molecule has 27 heavy (non-hydrogen) atoms. The standard InChI is InChI=1S/C15H23N5O5S2/c1-8(21)18-10-7-27-26-6-9(13(16)23)19-15(25)11-3-2-4-20(11)12(22)5-17-14(10)24/h9-11H,2-7H2,1H3,(H2,16,23)(H,17,24)(H,18,21)(H,19,25)/t9-,10?,11-/m0/s1. The smallest absolute Gasteiger partial charge is 0.243 e. The van der Waals surface area contributed by atoms with Crippen molar-refractivity contribution >= 4 is 51.1 Å². The molecule has 2 rings (SSSR count). The first-order valence-corrected chi connectivity index (χ1v) is 11.0. The maximum Gasteiger partial charge on any atom is 0.243 e. The van der Waals surface area contributed by atoms with Crippen LogP contribution < -0.4 is 21.7 Å². The number of nitrogens with two attached hydrogens (primary N) is 1. The number of amides is 5. The van der Waals surface area contributed by atoms with Crippen molar-refractivity contribution in [2.45, 2.75) is 37.9 Å². The van der Waals surface area contributed by atoms with Crippen LogP contribution in [0.15, 0.2) is 0 Å². The summed E-state index contributed by atoms with van der Waals surface area (Å²) in [6.45, 7) is 1.43. The molecular weight excluding hydrogens is 394 g/mol. The van der Waals surface area contributed by atoms with Crippen LogP contribution in [-0.2, 0) is 24.0 Å². The van der Waals surface area contributed by atoms with E-state index < -0.39 is 41.8 Å². The molecule has 2 saturated heterocycles. The summed E-state index contributed by atoms with van der Waals surface area (Å²) in [5.74, 6) is -1.88. The van der Waals surface area contributed by atoms with E-state index >= 15 is 0 Å². The lowest BCUT2D eigenvalue weighted by Crippen LogP contribution is -2.55. The molecule has 0 aliphatic carbocycles. The zero-order chi connectivity index (χ0) is 20.0. The maximum absolute atomic E-state index is 12.5. The molecule has 5 N–H and O–H groups in total. The van der Waals surface area contributed by atoms with Crippen molar-refractivity contribution in [2.24, 2.45) is 5.73 Å². The number of hydrogen-bond acceptors (Lipinski definition) is 7. The highest BCUT2D eigenvalue weighted by molar-refractivity contribution is 8.76. The predicted molar refractivity (Wildman–Crippen MR) is 101 cm³/mol. The summed E-state index contributed by atoms with van der Waals surface area (Å²) in [4.78, 5) is 61.6. The van der Waals surface area contributed by atoms with Gasteiger partial charge in [-0.2, -0.15) is 0 Å². The topological polar surface area (TPSA) is 151 Å². The molecular formula is C15H23N5O5S2. The lowest BCUT2D eigenvalue weighted by atomic mass is 10.2. The maximum atomic E-state index is 12.5. The van der Waals surface area contributed by atoms with Gasteiger partial charge >= 0.3 is 0 Å². The molecule has 12 heteroatoms. The van der Waals surface area contributed by atoms with Crippen LogP contribution >= 0.6 is 21.6 Å². The Morgan fingerprint density at radius 2 is 1.89 bits per heavy atom. The van der Waals surface area contributed by atoms with Crippen LogP contribution in [0, 0.1) is 0 Å². The van der Waals surface area contributed by atoms with E-state index in [1.54, 1.807) is 0 Å². The fraction of sp³-hybridized carbons (Fsp3) is 0.667. The van der Waals surface area contributed by atoms with Crippen LogP contribution in [0.25, 0.3) is 0 Å². The number of nitrogens with one attached hydrogen (secondary N) is 3. The van der Waals surface area contributed by atoms with Gasteiger partial charge in [-0.3, -0.25) is 24.0 Å². The molecule has 0 aromatic rings. The molecule has 0 aromatic carbocycles. The average molecular weight is 418 g/mol. The third kappa shape index (κ3) is 6.03. The van der Waals surface area contributed by atoms with Gasteiger partial charge in [0, 0.05) is 25.0 Å². The van der Waals surface area contributed by atoms with Crippen molar-refractivity contribution < 1.29 is 24.0 Å². The Morgan fingerprint density at radius 1 is 1.19 bits per heavy atom. The Morgan fingerprint density at radius 3 is 2.56 bits per heavy atom.